The zero-order valence-electron chi connectivity index (χ0n) is 9.85. The third-order valence-corrected chi connectivity index (χ3v) is 3.84. The van der Waals surface area contributed by atoms with Gasteiger partial charge in [0.15, 0.2) is 16.5 Å². The van der Waals surface area contributed by atoms with Crippen molar-refractivity contribution in [2.24, 2.45) is 0 Å². The molecule has 1 N–H and O–H groups in total. The number of aliphatic hydroxyl groups excluding tert-OH is 1. The average Bonchev–Trinajstić information content (AvgIpc) is 3.05. The fourth-order valence-electron chi connectivity index (χ4n) is 1.79. The van der Waals surface area contributed by atoms with Crippen molar-refractivity contribution in [1.82, 2.24) is 4.98 Å². The Morgan fingerprint density at radius 3 is 2.70 bits per heavy atom. The predicted octanol–water partition coefficient (Wildman–Crippen LogP) is 2.97. The van der Waals surface area contributed by atoms with Gasteiger partial charge in [-0.3, -0.25) is 0 Å². The minimum absolute atomic E-state index is 0.0909. The van der Waals surface area contributed by atoms with Gasteiger partial charge in [-0.15, -0.1) is 11.3 Å². The number of fused-ring (bicyclic) bond motifs is 1. The highest BCUT2D eigenvalue weighted by Crippen LogP contribution is 2.39. The van der Waals surface area contributed by atoms with E-state index in [1.54, 1.807) is 18.2 Å². The number of rotatable bonds is 2. The zero-order valence-corrected chi connectivity index (χ0v) is 10.7. The highest BCUT2D eigenvalue weighted by molar-refractivity contribution is 7.11. The highest BCUT2D eigenvalue weighted by atomic mass is 32.1. The lowest BCUT2D eigenvalue weighted by Crippen LogP contribution is -2.03. The number of hydrogen-bond donors (Lipinski definition) is 1. The van der Waals surface area contributed by atoms with Gasteiger partial charge in [0.25, 0.3) is 0 Å². The van der Waals surface area contributed by atoms with Crippen molar-refractivity contribution in [3.05, 3.63) is 39.8 Å². The van der Waals surface area contributed by atoms with Gasteiger partial charge >= 0.3 is 6.18 Å². The molecule has 0 radical (unpaired) electrons. The third-order valence-electron chi connectivity index (χ3n) is 2.75. The summed E-state index contributed by atoms with van der Waals surface area (Å²) in [4.78, 5) is 3.41. The molecule has 1 unspecified atom stereocenters. The van der Waals surface area contributed by atoms with E-state index in [0.29, 0.717) is 28.4 Å². The molecular weight excluding hydrogens is 295 g/mol. The summed E-state index contributed by atoms with van der Waals surface area (Å²) in [6, 6.07) is 4.72. The molecule has 0 fully saturated rings. The fraction of sp³-hybridized carbons (Fsp3) is 0.250. The molecule has 0 saturated heterocycles. The molecule has 2 heterocycles. The van der Waals surface area contributed by atoms with E-state index in [0.717, 1.165) is 6.20 Å². The Hall–Kier alpha value is -1.80. The standard InChI is InChI=1S/C12H8F3NO3S/c13-12(14,15)11-16-4-9(20-11)10(17)6-1-2-7-8(3-6)19-5-18-7/h1-4,10,17H,5H2. The van der Waals surface area contributed by atoms with Gasteiger partial charge in [-0.2, -0.15) is 13.2 Å². The van der Waals surface area contributed by atoms with E-state index in [1.165, 1.54) is 0 Å². The lowest BCUT2D eigenvalue weighted by molar-refractivity contribution is -0.137. The number of benzene rings is 1. The van der Waals surface area contributed by atoms with Gasteiger partial charge in [0.05, 0.1) is 4.88 Å². The number of hydrogen-bond acceptors (Lipinski definition) is 5. The molecule has 106 valence electrons. The summed E-state index contributed by atoms with van der Waals surface area (Å²) in [5.41, 5.74) is 0.423. The van der Waals surface area contributed by atoms with Crippen LogP contribution in [0.25, 0.3) is 0 Å². The van der Waals surface area contributed by atoms with E-state index in [4.69, 9.17) is 9.47 Å². The molecule has 20 heavy (non-hydrogen) atoms. The molecule has 1 aromatic carbocycles. The van der Waals surface area contributed by atoms with Crippen molar-refractivity contribution in [2.45, 2.75) is 12.3 Å². The van der Waals surface area contributed by atoms with Gasteiger partial charge in [0, 0.05) is 6.20 Å². The molecule has 0 bridgehead atoms. The maximum absolute atomic E-state index is 12.5. The summed E-state index contributed by atoms with van der Waals surface area (Å²) >= 11 is 0.418. The van der Waals surface area contributed by atoms with Crippen LogP contribution in [0.4, 0.5) is 13.2 Å². The lowest BCUT2D eigenvalue weighted by Gasteiger charge is -2.09. The molecule has 3 rings (SSSR count). The van der Waals surface area contributed by atoms with Gasteiger partial charge in [-0.25, -0.2) is 4.98 Å². The monoisotopic (exact) mass is 303 g/mol. The van der Waals surface area contributed by atoms with Crippen molar-refractivity contribution in [2.75, 3.05) is 6.79 Å². The van der Waals surface area contributed by atoms with Crippen LogP contribution in [0.15, 0.2) is 24.4 Å². The van der Waals surface area contributed by atoms with Crippen molar-refractivity contribution in [3.8, 4) is 11.5 Å². The highest BCUT2D eigenvalue weighted by Gasteiger charge is 2.35. The molecule has 2 aromatic rings. The third kappa shape index (κ3) is 2.32. The quantitative estimate of drug-likeness (QED) is 0.926. The molecular formula is C12H8F3NO3S. The van der Waals surface area contributed by atoms with Crippen LogP contribution in [-0.2, 0) is 6.18 Å². The molecule has 4 nitrogen and oxygen atoms in total. The molecule has 1 aromatic heterocycles. The van der Waals surface area contributed by atoms with Gasteiger partial charge < -0.3 is 14.6 Å². The Bertz CT molecular complexity index is 641. The summed E-state index contributed by atoms with van der Waals surface area (Å²) in [6.07, 6.45) is -4.65. The van der Waals surface area contributed by atoms with Crippen molar-refractivity contribution >= 4 is 11.3 Å². The summed E-state index contributed by atoms with van der Waals surface area (Å²) in [6.45, 7) is 0.0909. The number of halogens is 3. The second kappa shape index (κ2) is 4.64. The Morgan fingerprint density at radius 2 is 2.00 bits per heavy atom. The molecule has 8 heteroatoms. The minimum Gasteiger partial charge on any atom is -0.454 e. The second-order valence-corrected chi connectivity index (χ2v) is 5.14. The molecule has 0 spiro atoms. The number of thiazole rings is 1. The average molecular weight is 303 g/mol. The van der Waals surface area contributed by atoms with Crippen molar-refractivity contribution in [3.63, 3.8) is 0 Å². The molecule has 1 atom stereocenters. The molecule has 1 aliphatic rings. The SMILES string of the molecule is OC(c1ccc2c(c1)OCO2)c1cnc(C(F)(F)F)s1. The normalized spacial score (nSPS) is 15.4. The number of aliphatic hydroxyl groups is 1. The minimum atomic E-state index is -4.50. The maximum Gasteiger partial charge on any atom is 0.443 e. The van der Waals surface area contributed by atoms with E-state index in [9.17, 15) is 18.3 Å². The first kappa shape index (κ1) is 13.2. The van der Waals surface area contributed by atoms with Crippen molar-refractivity contribution in [1.29, 1.82) is 0 Å². The number of nitrogens with zero attached hydrogens (tertiary/aromatic N) is 1. The van der Waals surface area contributed by atoms with E-state index in [1.807, 2.05) is 0 Å². The van der Waals surface area contributed by atoms with E-state index in [-0.39, 0.29) is 11.7 Å². The fourth-order valence-corrected chi connectivity index (χ4v) is 2.59. The topological polar surface area (TPSA) is 51.6 Å². The predicted molar refractivity (Wildman–Crippen MR) is 63.7 cm³/mol. The number of aromatic nitrogens is 1. The van der Waals surface area contributed by atoms with Crippen LogP contribution < -0.4 is 9.47 Å². The Labute approximate surface area is 115 Å². The first-order chi connectivity index (χ1) is 9.45. The largest absolute Gasteiger partial charge is 0.454 e. The van der Waals surface area contributed by atoms with Crippen LogP contribution >= 0.6 is 11.3 Å². The maximum atomic E-state index is 12.5. The summed E-state index contributed by atoms with van der Waals surface area (Å²) < 4.78 is 47.7. The Morgan fingerprint density at radius 1 is 1.25 bits per heavy atom. The second-order valence-electron chi connectivity index (χ2n) is 4.08. The van der Waals surface area contributed by atoms with E-state index >= 15 is 0 Å². The smallest absolute Gasteiger partial charge is 0.443 e. The molecule has 1 aliphatic heterocycles. The van der Waals surface area contributed by atoms with Crippen LogP contribution in [-0.4, -0.2) is 16.9 Å². The van der Waals surface area contributed by atoms with E-state index < -0.39 is 17.3 Å². The van der Waals surface area contributed by atoms with Crippen LogP contribution in [0, 0.1) is 0 Å². The van der Waals surface area contributed by atoms with Crippen LogP contribution in [0.3, 0.4) is 0 Å². The van der Waals surface area contributed by atoms with Gasteiger partial charge in [-0.1, -0.05) is 6.07 Å². The van der Waals surface area contributed by atoms with Gasteiger partial charge in [0.1, 0.15) is 6.10 Å². The van der Waals surface area contributed by atoms with Crippen LogP contribution in [0.2, 0.25) is 0 Å². The Balaban J connectivity index is 1.89. The molecule has 0 amide bonds. The first-order valence-electron chi connectivity index (χ1n) is 5.55. The molecule has 0 saturated carbocycles. The van der Waals surface area contributed by atoms with Gasteiger partial charge in [0.2, 0.25) is 6.79 Å². The van der Waals surface area contributed by atoms with E-state index in [2.05, 4.69) is 4.98 Å². The first-order valence-corrected chi connectivity index (χ1v) is 6.37. The summed E-state index contributed by atoms with van der Waals surface area (Å²) in [5.74, 6) is 1.00. The van der Waals surface area contributed by atoms with Crippen molar-refractivity contribution < 1.29 is 27.8 Å². The number of ether oxygens (including phenoxy) is 2. The lowest BCUT2D eigenvalue weighted by atomic mass is 10.1. The molecule has 0 aliphatic carbocycles. The zero-order chi connectivity index (χ0) is 14.3. The Kier molecular flexibility index (Phi) is 3.06. The van der Waals surface area contributed by atoms with Crippen LogP contribution in [0.1, 0.15) is 21.6 Å². The number of alkyl halides is 3. The summed E-state index contributed by atoms with van der Waals surface area (Å²) in [5, 5.41) is 9.13. The van der Waals surface area contributed by atoms with Crippen LogP contribution in [0.5, 0.6) is 11.5 Å². The summed E-state index contributed by atoms with van der Waals surface area (Å²) in [7, 11) is 0. The van der Waals surface area contributed by atoms with Gasteiger partial charge in [-0.05, 0) is 17.7 Å².